The number of allylic oxidation sites excluding steroid dienone is 3. The van der Waals surface area contributed by atoms with Crippen LogP contribution in [0, 0.1) is 11.8 Å². The number of nitrogens with zero attached hydrogens (tertiary/aromatic N) is 6. The summed E-state index contributed by atoms with van der Waals surface area (Å²) >= 11 is 1.06. The molecule has 4 atom stereocenters. The number of ether oxygens (including phenoxy) is 1. The molecule has 3 aromatic heterocycles. The number of alkyl halides is 5. The summed E-state index contributed by atoms with van der Waals surface area (Å²) in [5.74, 6) is -2.05. The maximum Gasteiger partial charge on any atom is 0.573 e. The average molecular weight is 655 g/mol. The summed E-state index contributed by atoms with van der Waals surface area (Å²) in [6, 6.07) is 3.41. The van der Waals surface area contributed by atoms with Gasteiger partial charge in [0.2, 0.25) is 11.0 Å². The van der Waals surface area contributed by atoms with Gasteiger partial charge in [-0.25, -0.2) is 13.5 Å². The van der Waals surface area contributed by atoms with Gasteiger partial charge in [0.25, 0.3) is 5.91 Å². The smallest absolute Gasteiger partial charge is 0.406 e. The molecular weight excluding hydrogens is 623 g/mol. The third kappa shape index (κ3) is 11.0. The Morgan fingerprint density at radius 1 is 1.20 bits per heavy atom. The van der Waals surface area contributed by atoms with Crippen LogP contribution in [0.25, 0.3) is 0 Å². The first-order valence-corrected chi connectivity index (χ1v) is 14.8. The first kappa shape index (κ1) is 33.6. The molecule has 11 nitrogen and oxygen atoms in total. The third-order valence-corrected chi connectivity index (χ3v) is 7.54. The van der Waals surface area contributed by atoms with Gasteiger partial charge < -0.3 is 15.4 Å². The highest BCUT2D eigenvalue weighted by molar-refractivity contribution is 7.15. The SMILES string of the molecule is CC(F)Cc1ccnc(CNC(=O)c2cn(CC(F)CCc3nnc(NC(=O)CC4C=C(OC(F)(F)F)C=CC4C)s3)nn2)c1. The number of anilines is 1. The van der Waals surface area contributed by atoms with Gasteiger partial charge in [0.05, 0.1) is 25.0 Å². The fraction of sp³-hybridized carbons (Fsp3) is 0.464. The summed E-state index contributed by atoms with van der Waals surface area (Å²) < 4.78 is 70.7. The highest BCUT2D eigenvalue weighted by atomic mass is 32.1. The van der Waals surface area contributed by atoms with Crippen LogP contribution in [0.15, 0.2) is 48.5 Å². The van der Waals surface area contributed by atoms with E-state index >= 15 is 0 Å². The minimum atomic E-state index is -4.83. The summed E-state index contributed by atoms with van der Waals surface area (Å²) in [6.45, 7) is 3.18. The second-order valence-corrected chi connectivity index (χ2v) is 11.6. The van der Waals surface area contributed by atoms with E-state index in [1.165, 1.54) is 30.0 Å². The minimum Gasteiger partial charge on any atom is -0.406 e. The number of carbonyl (C=O) groups is 2. The van der Waals surface area contributed by atoms with Crippen molar-refractivity contribution in [1.29, 1.82) is 0 Å². The van der Waals surface area contributed by atoms with Crippen molar-refractivity contribution < 1.29 is 36.3 Å². The largest absolute Gasteiger partial charge is 0.573 e. The fourth-order valence-corrected chi connectivity index (χ4v) is 5.22. The van der Waals surface area contributed by atoms with Crippen LogP contribution >= 0.6 is 11.3 Å². The number of pyridine rings is 1. The van der Waals surface area contributed by atoms with Crippen LogP contribution in [-0.4, -0.2) is 60.7 Å². The molecule has 0 saturated heterocycles. The van der Waals surface area contributed by atoms with E-state index in [1.807, 2.05) is 0 Å². The van der Waals surface area contributed by atoms with Gasteiger partial charge in [0.1, 0.15) is 23.1 Å². The molecule has 3 aromatic rings. The topological polar surface area (TPSA) is 137 Å². The number of carbonyl (C=O) groups excluding carboxylic acids is 2. The molecule has 2 N–H and O–H groups in total. The van der Waals surface area contributed by atoms with Gasteiger partial charge in [0.15, 0.2) is 5.69 Å². The molecule has 4 rings (SSSR count). The summed E-state index contributed by atoms with van der Waals surface area (Å²) in [7, 11) is 0. The first-order chi connectivity index (χ1) is 21.3. The monoisotopic (exact) mass is 654 g/mol. The van der Waals surface area contributed by atoms with E-state index in [1.54, 1.807) is 31.3 Å². The summed E-state index contributed by atoms with van der Waals surface area (Å²) in [6.07, 6.45) is 0.135. The van der Waals surface area contributed by atoms with Crippen LogP contribution in [0.2, 0.25) is 0 Å². The average Bonchev–Trinajstić information content (AvgIpc) is 3.61. The summed E-state index contributed by atoms with van der Waals surface area (Å²) in [4.78, 5) is 29.1. The number of halogens is 5. The minimum absolute atomic E-state index is 0.00141. The lowest BCUT2D eigenvalue weighted by molar-refractivity contribution is -0.303. The zero-order valence-corrected chi connectivity index (χ0v) is 25.1. The fourth-order valence-electron chi connectivity index (χ4n) is 4.45. The van der Waals surface area contributed by atoms with Crippen LogP contribution in [0.5, 0.6) is 0 Å². The van der Waals surface area contributed by atoms with Gasteiger partial charge >= 0.3 is 6.36 Å². The lowest BCUT2D eigenvalue weighted by Gasteiger charge is -2.22. The molecule has 2 amide bonds. The predicted molar refractivity (Wildman–Crippen MR) is 153 cm³/mol. The number of aryl methyl sites for hydroxylation is 1. The van der Waals surface area contributed by atoms with Crippen LogP contribution in [0.4, 0.5) is 27.1 Å². The van der Waals surface area contributed by atoms with E-state index in [2.05, 4.69) is 40.9 Å². The molecule has 0 spiro atoms. The maximum atomic E-state index is 14.7. The van der Waals surface area contributed by atoms with E-state index < -0.39 is 36.4 Å². The van der Waals surface area contributed by atoms with E-state index in [0.29, 0.717) is 10.7 Å². The standard InChI is InChI=1S/C28H31F5N8O3S/c1-16-3-5-22(44-28(31,32)33)11-19(16)12-24(42)36-27-39-38-25(45-27)6-4-20(30)14-41-15-23(37-40-41)26(43)35-13-21-10-18(7-8-34-21)9-17(2)29/h3,5,7-8,10-11,15-17,19-20H,4,6,9,12-14H2,1-2H3,(H,35,43)(H,36,39,42). The molecule has 17 heteroatoms. The van der Waals surface area contributed by atoms with Crippen molar-refractivity contribution in [1.82, 2.24) is 35.5 Å². The third-order valence-electron chi connectivity index (χ3n) is 6.64. The quantitative estimate of drug-likeness (QED) is 0.235. The number of amides is 2. The molecule has 1 aliphatic carbocycles. The van der Waals surface area contributed by atoms with Gasteiger partial charge in [-0.3, -0.25) is 14.6 Å². The number of rotatable bonds is 14. The Bertz CT molecular complexity index is 1520. The molecule has 1 aliphatic rings. The molecule has 45 heavy (non-hydrogen) atoms. The van der Waals surface area contributed by atoms with Crippen molar-refractivity contribution in [2.75, 3.05) is 5.32 Å². The number of hydrogen-bond donors (Lipinski definition) is 2. The Labute approximate surface area is 259 Å². The van der Waals surface area contributed by atoms with Crippen molar-refractivity contribution in [3.05, 3.63) is 70.5 Å². The maximum absolute atomic E-state index is 14.7. The molecule has 0 aliphatic heterocycles. The van der Waals surface area contributed by atoms with Crippen LogP contribution in [0.1, 0.15) is 53.4 Å². The Balaban J connectivity index is 1.19. The van der Waals surface area contributed by atoms with Crippen LogP contribution in [0.3, 0.4) is 0 Å². The highest BCUT2D eigenvalue weighted by Crippen LogP contribution is 2.30. The van der Waals surface area contributed by atoms with Gasteiger partial charge in [-0.2, -0.15) is 0 Å². The van der Waals surface area contributed by atoms with E-state index in [9.17, 15) is 31.5 Å². The molecular formula is C28H31F5N8O3S. The van der Waals surface area contributed by atoms with Crippen molar-refractivity contribution in [2.45, 2.75) is 71.3 Å². The van der Waals surface area contributed by atoms with E-state index in [0.717, 1.165) is 16.9 Å². The number of nitrogens with one attached hydrogen (secondary N) is 2. The second-order valence-electron chi connectivity index (χ2n) is 10.5. The first-order valence-electron chi connectivity index (χ1n) is 14.0. The molecule has 4 unspecified atom stereocenters. The molecule has 242 valence electrons. The van der Waals surface area contributed by atoms with Crippen LogP contribution in [-0.2, 0) is 35.5 Å². The lowest BCUT2D eigenvalue weighted by atomic mass is 9.86. The molecule has 0 aromatic carbocycles. The zero-order valence-electron chi connectivity index (χ0n) is 24.3. The Morgan fingerprint density at radius 3 is 2.76 bits per heavy atom. The van der Waals surface area contributed by atoms with Crippen molar-refractivity contribution in [3.8, 4) is 0 Å². The van der Waals surface area contributed by atoms with E-state index in [-0.39, 0.29) is 61.3 Å². The summed E-state index contributed by atoms with van der Waals surface area (Å²) in [5.41, 5.74) is 1.32. The Hall–Kier alpha value is -4.28. The lowest BCUT2D eigenvalue weighted by Crippen LogP contribution is -2.23. The van der Waals surface area contributed by atoms with Crippen molar-refractivity contribution in [2.24, 2.45) is 11.8 Å². The van der Waals surface area contributed by atoms with Crippen molar-refractivity contribution in [3.63, 3.8) is 0 Å². The molecule has 0 radical (unpaired) electrons. The number of aromatic nitrogens is 6. The Morgan fingerprint density at radius 2 is 2.00 bits per heavy atom. The molecule has 0 fully saturated rings. The zero-order chi connectivity index (χ0) is 32.6. The summed E-state index contributed by atoms with van der Waals surface area (Å²) in [5, 5.41) is 21.4. The van der Waals surface area contributed by atoms with Gasteiger partial charge in [-0.15, -0.1) is 28.5 Å². The van der Waals surface area contributed by atoms with Gasteiger partial charge in [-0.1, -0.05) is 29.5 Å². The number of hydrogen-bond acceptors (Lipinski definition) is 9. The van der Waals surface area contributed by atoms with Gasteiger partial charge in [0, 0.05) is 25.5 Å². The second kappa shape index (κ2) is 15.1. The molecule has 0 saturated carbocycles. The highest BCUT2D eigenvalue weighted by Gasteiger charge is 2.33. The normalized spacial score (nSPS) is 17.8. The van der Waals surface area contributed by atoms with E-state index in [4.69, 9.17) is 0 Å². The predicted octanol–water partition coefficient (Wildman–Crippen LogP) is 4.90. The van der Waals surface area contributed by atoms with Crippen molar-refractivity contribution >= 4 is 28.3 Å². The Kier molecular flexibility index (Phi) is 11.3. The molecule has 3 heterocycles. The van der Waals surface area contributed by atoms with Crippen LogP contribution < -0.4 is 10.6 Å². The van der Waals surface area contributed by atoms with Gasteiger partial charge in [-0.05, 0) is 55.0 Å². The molecule has 0 bridgehead atoms.